The lowest BCUT2D eigenvalue weighted by atomic mass is 10.1. The molecule has 0 saturated carbocycles. The first kappa shape index (κ1) is 14.1. The van der Waals surface area contributed by atoms with Gasteiger partial charge in [-0.1, -0.05) is 18.2 Å². The molecule has 0 saturated heterocycles. The molecule has 96 valence electrons. The summed E-state index contributed by atoms with van der Waals surface area (Å²) in [6.45, 7) is -0.0444. The minimum atomic E-state index is -3.48. The number of benzene rings is 1. The Hall–Kier alpha value is -0.960. The maximum absolute atomic E-state index is 10.7. The first-order chi connectivity index (χ1) is 7.88. The summed E-state index contributed by atoms with van der Waals surface area (Å²) < 4.78 is 49.8. The van der Waals surface area contributed by atoms with E-state index in [4.69, 9.17) is 4.55 Å². The third-order valence-corrected chi connectivity index (χ3v) is 2.72. The lowest BCUT2D eigenvalue weighted by Gasteiger charge is -2.07. The molecule has 0 spiro atoms. The van der Waals surface area contributed by atoms with Crippen LogP contribution in [-0.4, -0.2) is 30.0 Å². The van der Waals surface area contributed by atoms with Crippen LogP contribution in [0.4, 0.5) is 0 Å². The second-order valence-corrected chi connectivity index (χ2v) is 5.43. The van der Waals surface area contributed by atoms with Crippen molar-refractivity contribution >= 4 is 21.5 Å². The van der Waals surface area contributed by atoms with Crippen molar-refractivity contribution in [3.8, 4) is 5.75 Å². The van der Waals surface area contributed by atoms with Crippen molar-refractivity contribution in [2.75, 3.05) is 12.9 Å². The Morgan fingerprint density at radius 2 is 2.00 bits per heavy atom. The second kappa shape index (κ2) is 6.10. The van der Waals surface area contributed by atoms with E-state index in [2.05, 4.69) is 8.37 Å². The summed E-state index contributed by atoms with van der Waals surface area (Å²) in [6.07, 6.45) is 1.22. The largest absolute Gasteiger partial charge is 0.380 e. The van der Waals surface area contributed by atoms with Gasteiger partial charge in [0, 0.05) is 6.42 Å². The normalized spacial score (nSPS) is 13.3. The first-order valence-corrected chi connectivity index (χ1v) is 7.45. The third kappa shape index (κ3) is 5.78. The Balaban J connectivity index is 2.67. The fraction of sp³-hybridized carbons (Fsp3) is 0.333. The van der Waals surface area contributed by atoms with Crippen molar-refractivity contribution in [3.05, 3.63) is 29.8 Å². The van der Waals surface area contributed by atoms with Gasteiger partial charge in [-0.25, -0.2) is 0 Å². The highest BCUT2D eigenvalue weighted by atomic mass is 32.2. The minimum Gasteiger partial charge on any atom is -0.380 e. The van der Waals surface area contributed by atoms with E-state index in [0.717, 1.165) is 6.26 Å². The molecule has 1 atom stereocenters. The average molecular weight is 280 g/mol. The van der Waals surface area contributed by atoms with E-state index in [1.54, 1.807) is 18.2 Å². The molecule has 1 N–H and O–H groups in total. The monoisotopic (exact) mass is 280 g/mol. The molecule has 1 aromatic carbocycles. The standard InChI is InChI=1S/C9H12O6S2/c1-17(12,13)14-7-6-8-4-2-3-5-9(8)15-16(10)11/h2-5H,6-7H2,1H3,(H,10,11). The van der Waals surface area contributed by atoms with Crippen molar-refractivity contribution in [2.45, 2.75) is 6.42 Å². The molecule has 0 radical (unpaired) electrons. The van der Waals surface area contributed by atoms with E-state index in [9.17, 15) is 12.6 Å². The molecule has 1 aromatic rings. The van der Waals surface area contributed by atoms with E-state index < -0.39 is 21.5 Å². The summed E-state index contributed by atoms with van der Waals surface area (Å²) >= 11 is -2.41. The van der Waals surface area contributed by atoms with Gasteiger partial charge in [0.25, 0.3) is 10.1 Å². The Morgan fingerprint density at radius 1 is 1.35 bits per heavy atom. The summed E-state index contributed by atoms with van der Waals surface area (Å²) in [5.74, 6) is 0.227. The zero-order valence-corrected chi connectivity index (χ0v) is 10.7. The van der Waals surface area contributed by atoms with E-state index in [1.807, 2.05) is 0 Å². The van der Waals surface area contributed by atoms with E-state index in [-0.39, 0.29) is 18.8 Å². The number of hydrogen-bond acceptors (Lipinski definition) is 5. The molecular weight excluding hydrogens is 268 g/mol. The van der Waals surface area contributed by atoms with Gasteiger partial charge in [-0.3, -0.25) is 8.74 Å². The average Bonchev–Trinajstić information content (AvgIpc) is 2.18. The summed E-state index contributed by atoms with van der Waals surface area (Å²) in [7, 11) is -3.48. The summed E-state index contributed by atoms with van der Waals surface area (Å²) in [4.78, 5) is 0. The van der Waals surface area contributed by atoms with Gasteiger partial charge >= 0.3 is 11.4 Å². The van der Waals surface area contributed by atoms with Crippen LogP contribution in [0.2, 0.25) is 0 Å². The van der Waals surface area contributed by atoms with Crippen LogP contribution in [0, 0.1) is 0 Å². The fourth-order valence-electron chi connectivity index (χ4n) is 1.17. The Morgan fingerprint density at radius 3 is 2.59 bits per heavy atom. The van der Waals surface area contributed by atoms with Gasteiger partial charge in [0.15, 0.2) is 0 Å². The third-order valence-electron chi connectivity index (χ3n) is 1.80. The van der Waals surface area contributed by atoms with Gasteiger partial charge in [-0.15, -0.1) is 0 Å². The van der Waals surface area contributed by atoms with Crippen molar-refractivity contribution in [2.24, 2.45) is 0 Å². The molecule has 17 heavy (non-hydrogen) atoms. The Bertz CT molecular complexity index is 496. The molecule has 6 nitrogen and oxygen atoms in total. The second-order valence-electron chi connectivity index (χ2n) is 3.18. The van der Waals surface area contributed by atoms with Crippen LogP contribution in [0.3, 0.4) is 0 Å². The van der Waals surface area contributed by atoms with Gasteiger partial charge in [0.1, 0.15) is 5.75 Å². The smallest absolute Gasteiger partial charge is 0.357 e. The fourth-order valence-corrected chi connectivity index (χ4v) is 1.87. The maximum atomic E-state index is 10.7. The number of hydrogen-bond donors (Lipinski definition) is 1. The molecule has 0 aliphatic carbocycles. The lowest BCUT2D eigenvalue weighted by molar-refractivity contribution is 0.324. The summed E-state index contributed by atoms with van der Waals surface area (Å²) in [5.41, 5.74) is 0.596. The van der Waals surface area contributed by atoms with Gasteiger partial charge in [-0.05, 0) is 11.6 Å². The lowest BCUT2D eigenvalue weighted by Crippen LogP contribution is -2.07. The molecule has 0 fully saturated rings. The van der Waals surface area contributed by atoms with E-state index in [0.29, 0.717) is 5.56 Å². The predicted molar refractivity (Wildman–Crippen MR) is 62.3 cm³/mol. The van der Waals surface area contributed by atoms with Crippen molar-refractivity contribution in [1.82, 2.24) is 0 Å². The highest BCUT2D eigenvalue weighted by Crippen LogP contribution is 2.19. The molecule has 0 amide bonds. The van der Waals surface area contributed by atoms with Crippen molar-refractivity contribution in [3.63, 3.8) is 0 Å². The van der Waals surface area contributed by atoms with Gasteiger partial charge in [0.05, 0.1) is 12.9 Å². The molecule has 0 bridgehead atoms. The zero-order valence-electron chi connectivity index (χ0n) is 9.03. The summed E-state index contributed by atoms with van der Waals surface area (Å²) in [6, 6.07) is 6.53. The molecule has 8 heteroatoms. The van der Waals surface area contributed by atoms with Gasteiger partial charge in [-0.2, -0.15) is 12.6 Å². The molecule has 0 aliphatic heterocycles. The first-order valence-electron chi connectivity index (χ1n) is 4.60. The molecular formula is C9H12O6S2. The van der Waals surface area contributed by atoms with Crippen LogP contribution < -0.4 is 4.18 Å². The van der Waals surface area contributed by atoms with Gasteiger partial charge in [0.2, 0.25) is 0 Å². The minimum absolute atomic E-state index is 0.0444. The van der Waals surface area contributed by atoms with Crippen LogP contribution in [0.25, 0.3) is 0 Å². The van der Waals surface area contributed by atoms with Crippen LogP contribution in [0.15, 0.2) is 24.3 Å². The molecule has 1 rings (SSSR count). The highest BCUT2D eigenvalue weighted by Gasteiger charge is 2.07. The van der Waals surface area contributed by atoms with Crippen LogP contribution in [-0.2, 0) is 32.1 Å². The molecule has 0 aromatic heterocycles. The van der Waals surface area contributed by atoms with Crippen LogP contribution >= 0.6 is 0 Å². The van der Waals surface area contributed by atoms with Crippen molar-refractivity contribution in [1.29, 1.82) is 0 Å². The number of rotatable bonds is 6. The van der Waals surface area contributed by atoms with E-state index >= 15 is 0 Å². The van der Waals surface area contributed by atoms with Gasteiger partial charge < -0.3 is 4.18 Å². The van der Waals surface area contributed by atoms with Crippen LogP contribution in [0.5, 0.6) is 5.75 Å². The number of para-hydroxylation sites is 1. The Kier molecular flexibility index (Phi) is 5.06. The molecule has 0 heterocycles. The highest BCUT2D eigenvalue weighted by molar-refractivity contribution is 7.85. The molecule has 0 aliphatic rings. The quantitative estimate of drug-likeness (QED) is 0.610. The maximum Gasteiger partial charge on any atom is 0.357 e. The topological polar surface area (TPSA) is 89.9 Å². The molecule has 1 unspecified atom stereocenters. The zero-order chi connectivity index (χ0) is 12.9. The van der Waals surface area contributed by atoms with Crippen LogP contribution in [0.1, 0.15) is 5.56 Å². The Labute approximate surface area is 102 Å². The van der Waals surface area contributed by atoms with E-state index in [1.165, 1.54) is 6.07 Å². The van der Waals surface area contributed by atoms with Crippen molar-refractivity contribution < 1.29 is 25.5 Å². The SMILES string of the molecule is CS(=O)(=O)OCCc1ccccc1OS(=O)O. The summed E-state index contributed by atoms with van der Waals surface area (Å²) in [5, 5.41) is 0. The predicted octanol–water partition coefficient (Wildman–Crippen LogP) is 0.721.